The van der Waals surface area contributed by atoms with Crippen LogP contribution >= 0.6 is 34.8 Å². The summed E-state index contributed by atoms with van der Waals surface area (Å²) in [5.41, 5.74) is 1.81. The molecule has 2 aliphatic heterocycles. The van der Waals surface area contributed by atoms with Gasteiger partial charge in [0.05, 0.1) is 76.4 Å². The summed E-state index contributed by atoms with van der Waals surface area (Å²) in [5.74, 6) is 0.171. The van der Waals surface area contributed by atoms with Crippen LogP contribution in [0, 0.1) is 11.6 Å². The zero-order chi connectivity index (χ0) is 49.6. The van der Waals surface area contributed by atoms with Crippen LogP contribution in [-0.2, 0) is 9.47 Å². The number of ether oxygens (including phenoxy) is 5. The number of fused-ring (bicyclic) bond motifs is 2. The lowest BCUT2D eigenvalue weighted by molar-refractivity contribution is 0.0357. The number of hydrogen-bond acceptors (Lipinski definition) is 14. The predicted octanol–water partition coefficient (Wildman–Crippen LogP) is 9.10. The normalized spacial score (nSPS) is 16.1. The summed E-state index contributed by atoms with van der Waals surface area (Å²) in [7, 11) is -5.36. The zero-order valence-corrected chi connectivity index (χ0v) is 36.2. The lowest BCUT2D eigenvalue weighted by Gasteiger charge is -2.26. The SMILES string of the molecule is ClCCCN1CCOCC1.[2H]C([2H])([2H])Oc1cc2ncnc(Nc3ccc(F)c(Cl)c3)c2cc1O.[2H]C([2H])([2H])Oc1cc2ncnc(Nc3ccc(F)c(Cl)c3)c2cc1OCCCN1CCOCC1. The Labute approximate surface area is 387 Å². The number of aromatic hydroxyl groups is 1. The molecule has 0 aliphatic carbocycles. The first-order valence-electron chi connectivity index (χ1n) is 22.8. The minimum Gasteiger partial charge on any atom is -0.504 e. The van der Waals surface area contributed by atoms with Crippen LogP contribution in [0.3, 0.4) is 0 Å². The molecule has 0 unspecified atom stereocenters. The third kappa shape index (κ3) is 13.7. The molecule has 63 heavy (non-hydrogen) atoms. The highest BCUT2D eigenvalue weighted by Crippen LogP contribution is 2.36. The van der Waals surface area contributed by atoms with E-state index < -0.39 is 25.7 Å². The van der Waals surface area contributed by atoms with E-state index in [1.54, 1.807) is 6.07 Å². The molecule has 2 fully saturated rings. The molecule has 2 aliphatic rings. The molecule has 0 spiro atoms. The van der Waals surface area contributed by atoms with Crippen LogP contribution in [0.4, 0.5) is 31.8 Å². The van der Waals surface area contributed by atoms with E-state index in [4.69, 9.17) is 66.7 Å². The maximum Gasteiger partial charge on any atom is 0.162 e. The zero-order valence-electron chi connectivity index (χ0n) is 39.9. The van der Waals surface area contributed by atoms with Crippen LogP contribution in [-0.4, -0.2) is 127 Å². The molecule has 336 valence electrons. The number of methoxy groups -OCH3 is 2. The monoisotopic (exact) mass is 934 g/mol. The number of nitrogens with one attached hydrogen (secondary N) is 2. The summed E-state index contributed by atoms with van der Waals surface area (Å²) >= 11 is 17.2. The number of phenolic OH excluding ortho intramolecular Hbond substituents is 1. The van der Waals surface area contributed by atoms with Crippen molar-refractivity contribution in [2.75, 3.05) is 103 Å². The third-order valence-electron chi connectivity index (χ3n) is 9.69. The molecule has 2 aromatic heterocycles. The largest absolute Gasteiger partial charge is 0.504 e. The van der Waals surface area contributed by atoms with Crippen molar-refractivity contribution in [2.24, 2.45) is 0 Å². The Kier molecular flexibility index (Phi) is 15.1. The number of hydrogen-bond donors (Lipinski definition) is 3. The van der Waals surface area contributed by atoms with Crippen molar-refractivity contribution in [3.8, 4) is 23.0 Å². The molecule has 0 radical (unpaired) electrons. The van der Waals surface area contributed by atoms with E-state index in [2.05, 4.69) is 40.4 Å². The van der Waals surface area contributed by atoms with E-state index in [1.165, 1.54) is 67.3 Å². The van der Waals surface area contributed by atoms with Gasteiger partial charge in [0.2, 0.25) is 0 Å². The second-order valence-electron chi connectivity index (χ2n) is 14.0. The van der Waals surface area contributed by atoms with Crippen molar-refractivity contribution in [1.29, 1.82) is 0 Å². The summed E-state index contributed by atoms with van der Waals surface area (Å²) in [6, 6.07) is 14.0. The first-order chi connectivity index (χ1) is 32.9. The number of halogens is 5. The molecule has 3 N–H and O–H groups in total. The predicted molar refractivity (Wildman–Crippen MR) is 243 cm³/mol. The summed E-state index contributed by atoms with van der Waals surface area (Å²) in [6.07, 6.45) is 4.43. The fraction of sp³-hybridized carbons (Fsp3) is 0.364. The molecule has 0 atom stereocenters. The van der Waals surface area contributed by atoms with Gasteiger partial charge in [-0.3, -0.25) is 9.80 Å². The van der Waals surface area contributed by atoms with E-state index >= 15 is 0 Å². The first-order valence-corrected chi connectivity index (χ1v) is 21.1. The smallest absolute Gasteiger partial charge is 0.162 e. The summed E-state index contributed by atoms with van der Waals surface area (Å²) in [6.45, 7) is 9.48. The average molecular weight is 936 g/mol. The molecule has 19 heteroatoms. The molecule has 8 rings (SSSR count). The van der Waals surface area contributed by atoms with E-state index in [1.807, 2.05) is 0 Å². The van der Waals surface area contributed by atoms with Crippen LogP contribution in [0.1, 0.15) is 21.1 Å². The Morgan fingerprint density at radius 2 is 1.19 bits per heavy atom. The molecule has 2 saturated heterocycles. The number of morpholine rings is 2. The Morgan fingerprint density at radius 3 is 1.71 bits per heavy atom. The van der Waals surface area contributed by atoms with Gasteiger partial charge in [0, 0.05) is 72.9 Å². The lowest BCUT2D eigenvalue weighted by atomic mass is 10.2. The van der Waals surface area contributed by atoms with E-state index in [9.17, 15) is 13.9 Å². The fourth-order valence-electron chi connectivity index (χ4n) is 6.43. The topological polar surface area (TPSA) is 148 Å². The van der Waals surface area contributed by atoms with Crippen LogP contribution in [0.5, 0.6) is 23.0 Å². The quantitative estimate of drug-likeness (QED) is 0.0704. The molecular weight excluding hydrogens is 881 g/mol. The molecule has 4 aromatic carbocycles. The van der Waals surface area contributed by atoms with E-state index in [-0.39, 0.29) is 33.0 Å². The number of anilines is 4. The number of aromatic nitrogens is 4. The number of phenols is 1. The van der Waals surface area contributed by atoms with Crippen molar-refractivity contribution >= 4 is 79.6 Å². The maximum absolute atomic E-state index is 13.5. The molecular formula is C44H49Cl3F2N8O6. The van der Waals surface area contributed by atoms with Crippen molar-refractivity contribution in [3.05, 3.63) is 95.0 Å². The van der Waals surface area contributed by atoms with Gasteiger partial charge in [0.25, 0.3) is 0 Å². The summed E-state index contributed by atoms with van der Waals surface area (Å²) in [4.78, 5) is 21.3. The van der Waals surface area contributed by atoms with Crippen LogP contribution < -0.4 is 24.8 Å². The van der Waals surface area contributed by atoms with Crippen LogP contribution in [0.2, 0.25) is 10.0 Å². The van der Waals surface area contributed by atoms with Gasteiger partial charge in [-0.1, -0.05) is 23.2 Å². The van der Waals surface area contributed by atoms with Crippen molar-refractivity contribution in [2.45, 2.75) is 12.8 Å². The molecule has 0 bridgehead atoms. The highest BCUT2D eigenvalue weighted by Gasteiger charge is 2.15. The fourth-order valence-corrected chi connectivity index (χ4v) is 6.92. The van der Waals surface area contributed by atoms with Crippen LogP contribution in [0.15, 0.2) is 73.3 Å². The average Bonchev–Trinajstić information content (AvgIpc) is 3.30. The van der Waals surface area contributed by atoms with Gasteiger partial charge in [-0.15, -0.1) is 11.6 Å². The van der Waals surface area contributed by atoms with Gasteiger partial charge in [-0.25, -0.2) is 28.7 Å². The number of nitrogens with zero attached hydrogens (tertiary/aromatic N) is 6. The number of alkyl halides is 1. The van der Waals surface area contributed by atoms with Crippen molar-refractivity contribution in [1.82, 2.24) is 29.7 Å². The van der Waals surface area contributed by atoms with Crippen molar-refractivity contribution in [3.63, 3.8) is 0 Å². The van der Waals surface area contributed by atoms with Gasteiger partial charge >= 0.3 is 0 Å². The van der Waals surface area contributed by atoms with E-state index in [0.717, 1.165) is 84.4 Å². The first kappa shape index (κ1) is 39.5. The standard InChI is InChI=1S/C22H24ClFN4O3.C15H11ClFN3O2.C7H14ClNO/c1-29-20-13-19-16(12-21(20)31-8-2-5-28-6-9-30-10-7-28)22(26-14-25-19)27-15-3-4-18(24)17(23)11-15;1-22-14-6-12-9(5-13(14)21)15(19-7-18-12)20-8-2-3-11(17)10(16)4-8;8-2-1-3-9-4-6-10-7-5-9/h3-4,11-14H,2,5-10H2,1H3,(H,25,26,27);2-7,21H,1H3,(H,18,19,20);1-7H2/i2*1D3;. The summed E-state index contributed by atoms with van der Waals surface area (Å²) in [5, 5.41) is 17.0. The highest BCUT2D eigenvalue weighted by atomic mass is 35.5. The second-order valence-corrected chi connectivity index (χ2v) is 15.2. The molecule has 0 saturated carbocycles. The Balaban J connectivity index is 0.000000195. The van der Waals surface area contributed by atoms with Crippen LogP contribution in [0.25, 0.3) is 21.8 Å². The second kappa shape index (κ2) is 24.1. The molecule has 14 nitrogen and oxygen atoms in total. The van der Waals surface area contributed by atoms with Gasteiger partial charge < -0.3 is 39.4 Å². The highest BCUT2D eigenvalue weighted by molar-refractivity contribution is 6.31. The van der Waals surface area contributed by atoms with Gasteiger partial charge in [0.15, 0.2) is 23.0 Å². The molecule has 0 amide bonds. The van der Waals surface area contributed by atoms with E-state index in [0.29, 0.717) is 51.4 Å². The molecule has 6 aromatic rings. The maximum atomic E-state index is 13.5. The van der Waals surface area contributed by atoms with Gasteiger partial charge in [-0.2, -0.15) is 0 Å². The van der Waals surface area contributed by atoms with Gasteiger partial charge in [0.1, 0.15) is 35.9 Å². The Morgan fingerprint density at radius 1 is 0.683 bits per heavy atom. The minimum absolute atomic E-state index is 0.0268. The van der Waals surface area contributed by atoms with Crippen molar-refractivity contribution < 1.29 is 45.8 Å². The lowest BCUT2D eigenvalue weighted by Crippen LogP contribution is -2.37. The Hall–Kier alpha value is -5.07. The summed E-state index contributed by atoms with van der Waals surface area (Å²) < 4.78 is 97.0. The number of benzene rings is 4. The van der Waals surface area contributed by atoms with Gasteiger partial charge in [-0.05, 0) is 67.9 Å². The molecule has 4 heterocycles. The minimum atomic E-state index is -2.70. The Bertz CT molecular complexity index is 2640. The number of rotatable bonds is 14. The third-order valence-corrected chi connectivity index (χ3v) is 10.5.